The SMILES string of the molecule is CCOCCC(Cc1cc(F)ccc1Br)NC. The zero-order valence-electron chi connectivity index (χ0n) is 10.3. The first-order chi connectivity index (χ1) is 8.17. The Hall–Kier alpha value is -0.450. The minimum absolute atomic E-state index is 0.192. The van der Waals surface area contributed by atoms with Crippen molar-refractivity contribution in [1.29, 1.82) is 0 Å². The third kappa shape index (κ3) is 5.15. The summed E-state index contributed by atoms with van der Waals surface area (Å²) in [4.78, 5) is 0. The van der Waals surface area contributed by atoms with Crippen LogP contribution in [0.2, 0.25) is 0 Å². The second-order valence-electron chi connectivity index (χ2n) is 3.91. The average Bonchev–Trinajstić information content (AvgIpc) is 2.32. The first-order valence-corrected chi connectivity index (χ1v) is 6.65. The van der Waals surface area contributed by atoms with Crippen LogP contribution in [0.15, 0.2) is 22.7 Å². The summed E-state index contributed by atoms with van der Waals surface area (Å²) in [6, 6.07) is 5.09. The Labute approximate surface area is 111 Å². The van der Waals surface area contributed by atoms with Crippen molar-refractivity contribution in [3.8, 4) is 0 Å². The minimum atomic E-state index is -0.192. The Morgan fingerprint density at radius 3 is 2.88 bits per heavy atom. The van der Waals surface area contributed by atoms with Crippen molar-refractivity contribution >= 4 is 15.9 Å². The Morgan fingerprint density at radius 2 is 2.24 bits per heavy atom. The number of halogens is 2. The van der Waals surface area contributed by atoms with Gasteiger partial charge in [0, 0.05) is 23.7 Å². The lowest BCUT2D eigenvalue weighted by Gasteiger charge is -2.17. The van der Waals surface area contributed by atoms with E-state index < -0.39 is 0 Å². The van der Waals surface area contributed by atoms with Gasteiger partial charge in [-0.2, -0.15) is 0 Å². The molecule has 1 aromatic carbocycles. The van der Waals surface area contributed by atoms with E-state index in [1.807, 2.05) is 14.0 Å². The predicted molar refractivity (Wildman–Crippen MR) is 71.8 cm³/mol. The van der Waals surface area contributed by atoms with Crippen LogP contribution in [0.25, 0.3) is 0 Å². The van der Waals surface area contributed by atoms with Gasteiger partial charge in [0.05, 0.1) is 0 Å². The second kappa shape index (κ2) is 7.80. The van der Waals surface area contributed by atoms with Gasteiger partial charge in [-0.25, -0.2) is 4.39 Å². The van der Waals surface area contributed by atoms with Crippen molar-refractivity contribution < 1.29 is 9.13 Å². The number of benzene rings is 1. The first-order valence-electron chi connectivity index (χ1n) is 5.86. The van der Waals surface area contributed by atoms with E-state index in [0.29, 0.717) is 6.04 Å². The predicted octanol–water partition coefficient (Wildman–Crippen LogP) is 3.15. The fourth-order valence-corrected chi connectivity index (χ4v) is 2.09. The molecule has 0 saturated heterocycles. The molecule has 0 aliphatic rings. The fraction of sp³-hybridized carbons (Fsp3) is 0.538. The smallest absolute Gasteiger partial charge is 0.123 e. The summed E-state index contributed by atoms with van der Waals surface area (Å²) >= 11 is 3.44. The number of hydrogen-bond acceptors (Lipinski definition) is 2. The van der Waals surface area contributed by atoms with E-state index in [9.17, 15) is 4.39 Å². The van der Waals surface area contributed by atoms with Gasteiger partial charge in [-0.15, -0.1) is 0 Å². The molecule has 1 unspecified atom stereocenters. The van der Waals surface area contributed by atoms with Crippen molar-refractivity contribution in [2.24, 2.45) is 0 Å². The van der Waals surface area contributed by atoms with Crippen LogP contribution in [0.4, 0.5) is 4.39 Å². The molecule has 0 heterocycles. The number of ether oxygens (including phenoxy) is 1. The van der Waals surface area contributed by atoms with Crippen LogP contribution in [0.5, 0.6) is 0 Å². The zero-order chi connectivity index (χ0) is 12.7. The lowest BCUT2D eigenvalue weighted by Crippen LogP contribution is -2.29. The van der Waals surface area contributed by atoms with E-state index in [-0.39, 0.29) is 5.82 Å². The van der Waals surface area contributed by atoms with E-state index in [1.54, 1.807) is 12.1 Å². The monoisotopic (exact) mass is 303 g/mol. The number of hydrogen-bond donors (Lipinski definition) is 1. The molecular weight excluding hydrogens is 285 g/mol. The Bertz CT molecular complexity index is 346. The molecule has 1 rings (SSSR count). The molecule has 4 heteroatoms. The molecule has 0 fully saturated rings. The summed E-state index contributed by atoms with van der Waals surface area (Å²) in [7, 11) is 1.92. The summed E-state index contributed by atoms with van der Waals surface area (Å²) < 4.78 is 19.4. The Balaban J connectivity index is 2.57. The van der Waals surface area contributed by atoms with Gasteiger partial charge >= 0.3 is 0 Å². The highest BCUT2D eigenvalue weighted by Gasteiger charge is 2.10. The quantitative estimate of drug-likeness (QED) is 0.781. The van der Waals surface area contributed by atoms with E-state index >= 15 is 0 Å². The molecule has 0 aliphatic carbocycles. The molecule has 0 radical (unpaired) electrons. The van der Waals surface area contributed by atoms with Gasteiger partial charge in [0.25, 0.3) is 0 Å². The summed E-state index contributed by atoms with van der Waals surface area (Å²) in [6.07, 6.45) is 1.72. The van der Waals surface area contributed by atoms with E-state index in [1.165, 1.54) is 6.07 Å². The Morgan fingerprint density at radius 1 is 1.47 bits per heavy atom. The van der Waals surface area contributed by atoms with Crippen LogP contribution in [-0.4, -0.2) is 26.3 Å². The van der Waals surface area contributed by atoms with Crippen molar-refractivity contribution in [3.63, 3.8) is 0 Å². The van der Waals surface area contributed by atoms with Crippen molar-refractivity contribution in [1.82, 2.24) is 5.32 Å². The van der Waals surface area contributed by atoms with Crippen LogP contribution in [0, 0.1) is 5.82 Å². The normalized spacial score (nSPS) is 12.7. The molecule has 0 bridgehead atoms. The number of nitrogens with one attached hydrogen (secondary N) is 1. The van der Waals surface area contributed by atoms with E-state index in [2.05, 4.69) is 21.2 Å². The van der Waals surface area contributed by atoms with Crippen LogP contribution >= 0.6 is 15.9 Å². The molecular formula is C13H19BrFNO. The minimum Gasteiger partial charge on any atom is -0.382 e. The van der Waals surface area contributed by atoms with Gasteiger partial charge in [-0.05, 0) is 50.6 Å². The molecule has 1 atom stereocenters. The first kappa shape index (κ1) is 14.6. The molecule has 1 aromatic rings. The summed E-state index contributed by atoms with van der Waals surface area (Å²) in [5.74, 6) is -0.192. The molecule has 0 amide bonds. The maximum absolute atomic E-state index is 13.1. The number of likely N-dealkylation sites (N-methyl/N-ethyl adjacent to an activating group) is 1. The van der Waals surface area contributed by atoms with Crippen LogP contribution in [0.3, 0.4) is 0 Å². The maximum atomic E-state index is 13.1. The summed E-state index contributed by atoms with van der Waals surface area (Å²) in [5, 5.41) is 3.23. The van der Waals surface area contributed by atoms with Crippen molar-refractivity contribution in [2.75, 3.05) is 20.3 Å². The summed E-state index contributed by atoms with van der Waals surface area (Å²) in [5.41, 5.74) is 0.987. The van der Waals surface area contributed by atoms with Gasteiger partial charge < -0.3 is 10.1 Å². The molecule has 0 spiro atoms. The van der Waals surface area contributed by atoms with Gasteiger partial charge in [0.2, 0.25) is 0 Å². The second-order valence-corrected chi connectivity index (χ2v) is 4.77. The van der Waals surface area contributed by atoms with Crippen LogP contribution in [0.1, 0.15) is 18.9 Å². The highest BCUT2D eigenvalue weighted by atomic mass is 79.9. The van der Waals surface area contributed by atoms with Gasteiger partial charge in [0.15, 0.2) is 0 Å². The van der Waals surface area contributed by atoms with Crippen LogP contribution in [-0.2, 0) is 11.2 Å². The third-order valence-corrected chi connectivity index (χ3v) is 3.47. The Kier molecular flexibility index (Phi) is 6.70. The highest BCUT2D eigenvalue weighted by molar-refractivity contribution is 9.10. The number of rotatable bonds is 7. The van der Waals surface area contributed by atoms with Crippen molar-refractivity contribution in [3.05, 3.63) is 34.1 Å². The molecule has 0 saturated carbocycles. The average molecular weight is 304 g/mol. The van der Waals surface area contributed by atoms with Gasteiger partial charge in [-0.1, -0.05) is 15.9 Å². The molecule has 2 nitrogen and oxygen atoms in total. The standard InChI is InChI=1S/C13H19BrFNO/c1-3-17-7-6-12(16-2)9-10-8-11(15)4-5-13(10)14/h4-5,8,12,16H,3,6-7,9H2,1-2H3. The molecule has 17 heavy (non-hydrogen) atoms. The van der Waals surface area contributed by atoms with Gasteiger partial charge in [0.1, 0.15) is 5.82 Å². The fourth-order valence-electron chi connectivity index (χ4n) is 1.68. The molecule has 1 N–H and O–H groups in total. The third-order valence-electron chi connectivity index (χ3n) is 2.70. The van der Waals surface area contributed by atoms with Crippen molar-refractivity contribution in [2.45, 2.75) is 25.8 Å². The topological polar surface area (TPSA) is 21.3 Å². The molecule has 96 valence electrons. The zero-order valence-corrected chi connectivity index (χ0v) is 11.9. The van der Waals surface area contributed by atoms with Crippen LogP contribution < -0.4 is 5.32 Å². The van der Waals surface area contributed by atoms with Gasteiger partial charge in [-0.3, -0.25) is 0 Å². The van der Waals surface area contributed by atoms with E-state index in [0.717, 1.165) is 36.1 Å². The van der Waals surface area contributed by atoms with E-state index in [4.69, 9.17) is 4.74 Å². The highest BCUT2D eigenvalue weighted by Crippen LogP contribution is 2.20. The molecule has 0 aromatic heterocycles. The lowest BCUT2D eigenvalue weighted by atomic mass is 10.0. The molecule has 0 aliphatic heterocycles. The summed E-state index contributed by atoms with van der Waals surface area (Å²) in [6.45, 7) is 3.45. The lowest BCUT2D eigenvalue weighted by molar-refractivity contribution is 0.137. The maximum Gasteiger partial charge on any atom is 0.123 e. The largest absolute Gasteiger partial charge is 0.382 e.